The molecule has 2 aromatic rings. The molecule has 0 saturated carbocycles. The van der Waals surface area contributed by atoms with Gasteiger partial charge in [-0.1, -0.05) is 40.9 Å². The van der Waals surface area contributed by atoms with Crippen LogP contribution in [-0.4, -0.2) is 17.7 Å². The third-order valence-electron chi connectivity index (χ3n) is 3.07. The van der Waals surface area contributed by atoms with Gasteiger partial charge in [-0.25, -0.2) is 5.43 Å². The van der Waals surface area contributed by atoms with E-state index in [0.717, 1.165) is 0 Å². The molecule has 2 rings (SSSR count). The summed E-state index contributed by atoms with van der Waals surface area (Å²) in [7, 11) is 0. The van der Waals surface area contributed by atoms with Crippen molar-refractivity contribution in [3.8, 4) is 5.75 Å². The van der Waals surface area contributed by atoms with Gasteiger partial charge in [-0.05, 0) is 50.2 Å². The summed E-state index contributed by atoms with van der Waals surface area (Å²) in [5.74, 6) is 0.128. The SMILES string of the molecule is CC(C)(Oc1ccc(Cl)cc1)C(=O)NN=Cc1ccc(Cl)cc1Cl. The Balaban J connectivity index is 1.99. The number of ether oxygens (including phenoxy) is 1. The van der Waals surface area contributed by atoms with Crippen molar-refractivity contribution < 1.29 is 9.53 Å². The number of benzene rings is 2. The van der Waals surface area contributed by atoms with E-state index in [-0.39, 0.29) is 0 Å². The van der Waals surface area contributed by atoms with Gasteiger partial charge in [0.2, 0.25) is 0 Å². The molecule has 4 nitrogen and oxygen atoms in total. The summed E-state index contributed by atoms with van der Waals surface area (Å²) in [5, 5.41) is 5.46. The van der Waals surface area contributed by atoms with E-state index in [9.17, 15) is 4.79 Å². The zero-order valence-electron chi connectivity index (χ0n) is 13.0. The van der Waals surface area contributed by atoms with E-state index in [0.29, 0.717) is 26.4 Å². The minimum atomic E-state index is -1.12. The van der Waals surface area contributed by atoms with Gasteiger partial charge in [0.05, 0.1) is 11.2 Å². The Morgan fingerprint density at radius 3 is 2.33 bits per heavy atom. The monoisotopic (exact) mass is 384 g/mol. The van der Waals surface area contributed by atoms with Crippen molar-refractivity contribution in [1.82, 2.24) is 5.43 Å². The van der Waals surface area contributed by atoms with Crippen molar-refractivity contribution in [3.05, 3.63) is 63.1 Å². The number of rotatable bonds is 5. The average molecular weight is 386 g/mol. The Morgan fingerprint density at radius 2 is 1.71 bits per heavy atom. The fourth-order valence-electron chi connectivity index (χ4n) is 1.74. The minimum absolute atomic E-state index is 0.404. The summed E-state index contributed by atoms with van der Waals surface area (Å²) in [6.07, 6.45) is 1.44. The van der Waals surface area contributed by atoms with Gasteiger partial charge in [0.15, 0.2) is 5.60 Å². The molecule has 0 fully saturated rings. The number of nitrogens with one attached hydrogen (secondary N) is 1. The second-order valence-corrected chi connectivity index (χ2v) is 6.71. The Hall–Kier alpha value is -1.75. The van der Waals surface area contributed by atoms with Crippen molar-refractivity contribution in [2.75, 3.05) is 0 Å². The fraction of sp³-hybridized carbons (Fsp3) is 0.176. The molecule has 1 amide bonds. The molecule has 0 radical (unpaired) electrons. The lowest BCUT2D eigenvalue weighted by Crippen LogP contribution is -2.44. The molecule has 0 unspecified atom stereocenters. The first-order valence-electron chi connectivity index (χ1n) is 7.01. The predicted octanol–water partition coefficient (Wildman–Crippen LogP) is 4.95. The van der Waals surface area contributed by atoms with Crippen LogP contribution in [0.3, 0.4) is 0 Å². The summed E-state index contributed by atoms with van der Waals surface area (Å²) in [4.78, 5) is 12.2. The molecule has 24 heavy (non-hydrogen) atoms. The maximum Gasteiger partial charge on any atom is 0.283 e. The number of amides is 1. The second kappa shape index (κ2) is 7.88. The van der Waals surface area contributed by atoms with E-state index < -0.39 is 11.5 Å². The number of hydrazone groups is 1. The average Bonchev–Trinajstić information content (AvgIpc) is 2.51. The van der Waals surface area contributed by atoms with Gasteiger partial charge in [0, 0.05) is 15.6 Å². The highest BCUT2D eigenvalue weighted by atomic mass is 35.5. The van der Waals surface area contributed by atoms with Gasteiger partial charge >= 0.3 is 0 Å². The van der Waals surface area contributed by atoms with Crippen LogP contribution in [-0.2, 0) is 4.79 Å². The van der Waals surface area contributed by atoms with Gasteiger partial charge in [-0.15, -0.1) is 0 Å². The molecule has 0 bridgehead atoms. The van der Waals surface area contributed by atoms with Crippen LogP contribution in [0.1, 0.15) is 19.4 Å². The highest BCUT2D eigenvalue weighted by Gasteiger charge is 2.29. The highest BCUT2D eigenvalue weighted by Crippen LogP contribution is 2.21. The molecule has 0 aromatic heterocycles. The van der Waals surface area contributed by atoms with Crippen molar-refractivity contribution in [3.63, 3.8) is 0 Å². The number of carbonyl (C=O) groups excluding carboxylic acids is 1. The first-order valence-corrected chi connectivity index (χ1v) is 8.14. The number of halogens is 3. The largest absolute Gasteiger partial charge is 0.478 e. The van der Waals surface area contributed by atoms with Gasteiger partial charge in [0.25, 0.3) is 5.91 Å². The van der Waals surface area contributed by atoms with Crippen LogP contribution < -0.4 is 10.2 Å². The van der Waals surface area contributed by atoms with Gasteiger partial charge in [0.1, 0.15) is 5.75 Å². The normalized spacial score (nSPS) is 11.5. The third kappa shape index (κ3) is 5.13. The number of carbonyl (C=O) groups is 1. The van der Waals surface area contributed by atoms with Crippen molar-refractivity contribution in [2.24, 2.45) is 5.10 Å². The van der Waals surface area contributed by atoms with Crippen LogP contribution >= 0.6 is 34.8 Å². The predicted molar refractivity (Wildman–Crippen MR) is 98.4 cm³/mol. The zero-order chi connectivity index (χ0) is 17.7. The third-order valence-corrected chi connectivity index (χ3v) is 3.88. The van der Waals surface area contributed by atoms with E-state index >= 15 is 0 Å². The first kappa shape index (κ1) is 18.6. The molecule has 0 aliphatic heterocycles. The molecular formula is C17H15Cl3N2O2. The molecular weight excluding hydrogens is 371 g/mol. The summed E-state index contributed by atoms with van der Waals surface area (Å²) in [6, 6.07) is 11.7. The van der Waals surface area contributed by atoms with E-state index in [4.69, 9.17) is 39.5 Å². The first-order chi connectivity index (χ1) is 11.3. The maximum absolute atomic E-state index is 12.2. The lowest BCUT2D eigenvalue weighted by atomic mass is 10.1. The van der Waals surface area contributed by atoms with Crippen LogP contribution in [0.4, 0.5) is 0 Å². The Bertz CT molecular complexity index is 759. The standard InChI is InChI=1S/C17H15Cl3N2O2/c1-17(2,24-14-7-5-12(18)6-8-14)16(23)22-21-10-11-3-4-13(19)9-15(11)20/h3-10H,1-2H3,(H,22,23). The molecule has 1 N–H and O–H groups in total. The summed E-state index contributed by atoms with van der Waals surface area (Å²) in [5.41, 5.74) is 1.95. The van der Waals surface area contributed by atoms with Crippen molar-refractivity contribution in [1.29, 1.82) is 0 Å². The van der Waals surface area contributed by atoms with Gasteiger partial charge in [-0.2, -0.15) is 5.10 Å². The number of hydrogen-bond donors (Lipinski definition) is 1. The van der Waals surface area contributed by atoms with Crippen molar-refractivity contribution in [2.45, 2.75) is 19.4 Å². The molecule has 0 aliphatic carbocycles. The lowest BCUT2D eigenvalue weighted by Gasteiger charge is -2.24. The summed E-state index contributed by atoms with van der Waals surface area (Å²) < 4.78 is 5.67. The van der Waals surface area contributed by atoms with Gasteiger partial charge < -0.3 is 4.74 Å². The topological polar surface area (TPSA) is 50.7 Å². The lowest BCUT2D eigenvalue weighted by molar-refractivity contribution is -0.134. The summed E-state index contributed by atoms with van der Waals surface area (Å²) >= 11 is 17.7. The maximum atomic E-state index is 12.2. The van der Waals surface area contributed by atoms with E-state index in [1.807, 2.05) is 0 Å². The van der Waals surface area contributed by atoms with E-state index in [1.54, 1.807) is 56.3 Å². The highest BCUT2D eigenvalue weighted by molar-refractivity contribution is 6.36. The second-order valence-electron chi connectivity index (χ2n) is 5.43. The Labute approximate surface area is 155 Å². The molecule has 0 heterocycles. The van der Waals surface area contributed by atoms with Gasteiger partial charge in [-0.3, -0.25) is 4.79 Å². The minimum Gasteiger partial charge on any atom is -0.478 e. The molecule has 0 spiro atoms. The molecule has 0 aliphatic rings. The Morgan fingerprint density at radius 1 is 1.08 bits per heavy atom. The quantitative estimate of drug-likeness (QED) is 0.584. The van der Waals surface area contributed by atoms with E-state index in [1.165, 1.54) is 6.21 Å². The fourth-order valence-corrected chi connectivity index (χ4v) is 2.33. The zero-order valence-corrected chi connectivity index (χ0v) is 15.3. The molecule has 2 aromatic carbocycles. The van der Waals surface area contributed by atoms with E-state index in [2.05, 4.69) is 10.5 Å². The molecule has 0 saturated heterocycles. The van der Waals surface area contributed by atoms with Crippen LogP contribution in [0.5, 0.6) is 5.75 Å². The van der Waals surface area contributed by atoms with Crippen LogP contribution in [0.25, 0.3) is 0 Å². The number of hydrogen-bond acceptors (Lipinski definition) is 3. The molecule has 7 heteroatoms. The Kier molecular flexibility index (Phi) is 6.10. The van der Waals surface area contributed by atoms with Crippen LogP contribution in [0.2, 0.25) is 15.1 Å². The smallest absolute Gasteiger partial charge is 0.283 e. The number of nitrogens with zero attached hydrogens (tertiary/aromatic N) is 1. The molecule has 0 atom stereocenters. The van der Waals surface area contributed by atoms with Crippen LogP contribution in [0, 0.1) is 0 Å². The van der Waals surface area contributed by atoms with Crippen LogP contribution in [0.15, 0.2) is 47.6 Å². The summed E-state index contributed by atoms with van der Waals surface area (Å²) in [6.45, 7) is 3.28. The molecule has 126 valence electrons. The van der Waals surface area contributed by atoms with Crippen molar-refractivity contribution >= 4 is 46.9 Å².